The van der Waals surface area contributed by atoms with Gasteiger partial charge in [-0.3, -0.25) is 0 Å². The van der Waals surface area contributed by atoms with E-state index in [1.807, 2.05) is 0 Å². The molecular weight excluding hydrogens is 420 g/mol. The van der Waals surface area contributed by atoms with Crippen molar-refractivity contribution in [2.24, 2.45) is 5.14 Å². The van der Waals surface area contributed by atoms with Crippen molar-refractivity contribution in [3.05, 3.63) is 66.4 Å². The fourth-order valence-electron chi connectivity index (χ4n) is 2.96. The lowest BCUT2D eigenvalue weighted by atomic mass is 10.2. The second-order valence-electron chi connectivity index (χ2n) is 6.49. The van der Waals surface area contributed by atoms with Crippen LogP contribution in [0.5, 0.6) is 0 Å². The third-order valence-electron chi connectivity index (χ3n) is 4.43. The summed E-state index contributed by atoms with van der Waals surface area (Å²) in [6.07, 6.45) is 1.72. The summed E-state index contributed by atoms with van der Waals surface area (Å²) < 4.78 is 27.7. The quantitative estimate of drug-likeness (QED) is 0.335. The largest absolute Gasteiger partial charge is 0.465 e. The molecule has 0 saturated carbocycles. The topological polar surface area (TPSA) is 152 Å². The number of nitrogens with two attached hydrogens (primary N) is 1. The number of primary sulfonamides is 1. The van der Waals surface area contributed by atoms with Crippen molar-refractivity contribution in [2.45, 2.75) is 4.90 Å². The van der Waals surface area contributed by atoms with Crippen LogP contribution in [0.1, 0.15) is 10.4 Å². The number of nitrogens with zero attached hydrogens (tertiary/aromatic N) is 2. The molecule has 0 bridgehead atoms. The van der Waals surface area contributed by atoms with Gasteiger partial charge in [0, 0.05) is 11.9 Å². The van der Waals surface area contributed by atoms with Crippen LogP contribution in [-0.2, 0) is 14.8 Å². The van der Waals surface area contributed by atoms with Crippen LogP contribution < -0.4 is 15.8 Å². The van der Waals surface area contributed by atoms with Gasteiger partial charge in [-0.15, -0.1) is 0 Å². The van der Waals surface area contributed by atoms with Crippen LogP contribution >= 0.6 is 0 Å². The number of esters is 1. The van der Waals surface area contributed by atoms with E-state index < -0.39 is 16.0 Å². The van der Waals surface area contributed by atoms with Crippen molar-refractivity contribution in [1.82, 2.24) is 15.0 Å². The number of hydrogen-bond donors (Lipinski definition) is 4. The van der Waals surface area contributed by atoms with Gasteiger partial charge in [0.15, 0.2) is 5.82 Å². The number of rotatable bonds is 6. The molecule has 0 aliphatic carbocycles. The van der Waals surface area contributed by atoms with E-state index in [1.54, 1.807) is 48.7 Å². The zero-order valence-corrected chi connectivity index (χ0v) is 17.1. The van der Waals surface area contributed by atoms with E-state index >= 15 is 0 Å². The third kappa shape index (κ3) is 4.32. The molecule has 10 nitrogen and oxygen atoms in total. The Hall–Kier alpha value is -3.96. The van der Waals surface area contributed by atoms with Crippen LogP contribution in [0.3, 0.4) is 0 Å². The fourth-order valence-corrected chi connectivity index (χ4v) is 3.47. The Morgan fingerprint density at radius 3 is 2.48 bits per heavy atom. The number of benzene rings is 2. The zero-order valence-electron chi connectivity index (χ0n) is 16.3. The third-order valence-corrected chi connectivity index (χ3v) is 5.36. The Kier molecular flexibility index (Phi) is 5.28. The van der Waals surface area contributed by atoms with E-state index in [2.05, 4.69) is 25.6 Å². The minimum absolute atomic E-state index is 0.00169. The molecule has 0 spiro atoms. The summed E-state index contributed by atoms with van der Waals surface area (Å²) in [6.45, 7) is 0. The molecule has 4 rings (SSSR count). The summed E-state index contributed by atoms with van der Waals surface area (Å²) >= 11 is 0. The molecule has 0 aliphatic rings. The molecular formula is C20H18N6O4S. The van der Waals surface area contributed by atoms with Crippen LogP contribution in [-0.4, -0.2) is 36.4 Å². The van der Waals surface area contributed by atoms with E-state index in [9.17, 15) is 13.2 Å². The van der Waals surface area contributed by atoms with Crippen LogP contribution in [0.2, 0.25) is 0 Å². The van der Waals surface area contributed by atoms with E-state index in [-0.39, 0.29) is 10.8 Å². The first-order valence-corrected chi connectivity index (χ1v) is 10.6. The van der Waals surface area contributed by atoms with Gasteiger partial charge in [-0.25, -0.2) is 23.3 Å². The number of methoxy groups -OCH3 is 1. The number of ether oxygens (including phenoxy) is 1. The molecule has 0 fully saturated rings. The van der Waals surface area contributed by atoms with Gasteiger partial charge in [0.2, 0.25) is 16.0 Å². The summed E-state index contributed by atoms with van der Waals surface area (Å²) in [7, 11) is -2.46. The van der Waals surface area contributed by atoms with Gasteiger partial charge in [-0.1, -0.05) is 12.1 Å². The maximum absolute atomic E-state index is 12.1. The number of para-hydroxylation sites is 1. The fraction of sp³-hybridized carbons (Fsp3) is 0.0500. The number of H-pyrrole nitrogens is 1. The maximum Gasteiger partial charge on any atom is 0.339 e. The average molecular weight is 438 g/mol. The minimum Gasteiger partial charge on any atom is -0.465 e. The molecule has 0 radical (unpaired) electrons. The summed E-state index contributed by atoms with van der Waals surface area (Å²) in [4.78, 5) is 24.1. The number of hydrogen-bond acceptors (Lipinski definition) is 8. The summed E-state index contributed by atoms with van der Waals surface area (Å²) in [5.74, 6) is 0.233. The summed E-state index contributed by atoms with van der Waals surface area (Å²) in [5.41, 5.74) is 2.73. The van der Waals surface area contributed by atoms with E-state index in [0.29, 0.717) is 33.8 Å². The smallest absolute Gasteiger partial charge is 0.339 e. The molecule has 31 heavy (non-hydrogen) atoms. The molecule has 0 amide bonds. The van der Waals surface area contributed by atoms with Crippen molar-refractivity contribution < 1.29 is 17.9 Å². The normalized spacial score (nSPS) is 11.3. The van der Waals surface area contributed by atoms with Gasteiger partial charge < -0.3 is 20.4 Å². The van der Waals surface area contributed by atoms with Crippen molar-refractivity contribution >= 4 is 50.2 Å². The maximum atomic E-state index is 12.1. The van der Waals surface area contributed by atoms with Crippen molar-refractivity contribution in [3.8, 4) is 0 Å². The molecule has 2 aromatic carbocycles. The number of aromatic nitrogens is 3. The highest BCUT2D eigenvalue weighted by atomic mass is 32.2. The molecule has 11 heteroatoms. The molecule has 2 aromatic heterocycles. The van der Waals surface area contributed by atoms with Gasteiger partial charge >= 0.3 is 5.97 Å². The first-order chi connectivity index (χ1) is 14.8. The van der Waals surface area contributed by atoms with Crippen molar-refractivity contribution in [2.75, 3.05) is 17.7 Å². The second kappa shape index (κ2) is 8.05. The number of anilines is 4. The first-order valence-electron chi connectivity index (χ1n) is 9.04. The van der Waals surface area contributed by atoms with Gasteiger partial charge in [0.25, 0.3) is 0 Å². The van der Waals surface area contributed by atoms with Crippen LogP contribution in [0.25, 0.3) is 11.0 Å². The average Bonchev–Trinajstić information content (AvgIpc) is 3.22. The number of sulfonamides is 1. The number of carbonyl (C=O) groups excluding carboxylic acids is 1. The molecule has 0 aliphatic heterocycles. The van der Waals surface area contributed by atoms with Crippen molar-refractivity contribution in [3.63, 3.8) is 0 Å². The monoisotopic (exact) mass is 438 g/mol. The molecule has 5 N–H and O–H groups in total. The molecule has 2 heterocycles. The zero-order chi connectivity index (χ0) is 22.0. The number of fused-ring (bicyclic) bond motifs is 1. The highest BCUT2D eigenvalue weighted by Gasteiger charge is 2.15. The lowest BCUT2D eigenvalue weighted by Gasteiger charge is -2.12. The molecule has 4 aromatic rings. The van der Waals surface area contributed by atoms with E-state index in [4.69, 9.17) is 9.88 Å². The van der Waals surface area contributed by atoms with E-state index in [1.165, 1.54) is 19.2 Å². The Bertz CT molecular complexity index is 1370. The Morgan fingerprint density at radius 2 is 1.77 bits per heavy atom. The van der Waals surface area contributed by atoms with Crippen LogP contribution in [0, 0.1) is 0 Å². The summed E-state index contributed by atoms with van der Waals surface area (Å²) in [5, 5.41) is 11.3. The molecule has 0 atom stereocenters. The van der Waals surface area contributed by atoms with Crippen molar-refractivity contribution in [1.29, 1.82) is 0 Å². The number of carbonyl (C=O) groups is 1. The Morgan fingerprint density at radius 1 is 1.03 bits per heavy atom. The lowest BCUT2D eigenvalue weighted by molar-refractivity contribution is 0.0602. The van der Waals surface area contributed by atoms with Gasteiger partial charge in [-0.05, 0) is 42.5 Å². The lowest BCUT2D eigenvalue weighted by Crippen LogP contribution is -2.11. The van der Waals surface area contributed by atoms with Crippen LogP contribution in [0.4, 0.5) is 23.1 Å². The molecule has 158 valence electrons. The molecule has 0 unspecified atom stereocenters. The number of aromatic amines is 1. The highest BCUT2D eigenvalue weighted by Crippen LogP contribution is 2.27. The molecule has 0 saturated heterocycles. The standard InChI is InChI=1S/C20H18N6O4S/c1-30-19(27)14-4-2-3-5-15(14)24-18-17-16(10-11-22-17)25-20(26-18)23-12-6-8-13(9-7-12)31(21,28)29/h2-11,22H,1H3,(H2,21,28,29)(H2,23,24,25,26). The van der Waals surface area contributed by atoms with Gasteiger partial charge in [0.05, 0.1) is 28.8 Å². The second-order valence-corrected chi connectivity index (χ2v) is 8.05. The summed E-state index contributed by atoms with van der Waals surface area (Å²) in [6, 6.07) is 14.6. The van der Waals surface area contributed by atoms with Crippen LogP contribution in [0.15, 0.2) is 65.7 Å². The van der Waals surface area contributed by atoms with Gasteiger partial charge in [-0.2, -0.15) is 4.98 Å². The predicted molar refractivity (Wildman–Crippen MR) is 116 cm³/mol. The predicted octanol–water partition coefficient (Wildman–Crippen LogP) is 2.88. The van der Waals surface area contributed by atoms with Gasteiger partial charge in [0.1, 0.15) is 5.52 Å². The number of nitrogens with one attached hydrogen (secondary N) is 3. The minimum atomic E-state index is -3.78. The SMILES string of the molecule is COC(=O)c1ccccc1Nc1nc(Nc2ccc(S(N)(=O)=O)cc2)nc2cc[nH]c12. The Balaban J connectivity index is 1.69. The Labute approximate surface area is 177 Å². The highest BCUT2D eigenvalue weighted by molar-refractivity contribution is 7.89. The van der Waals surface area contributed by atoms with E-state index in [0.717, 1.165) is 0 Å². The first kappa shape index (κ1) is 20.3.